The molecule has 0 aliphatic carbocycles. The molecule has 5 heteroatoms. The van der Waals surface area contributed by atoms with E-state index in [1.807, 2.05) is 19.9 Å². The maximum atomic E-state index is 11.8. The molecule has 3 rings (SSSR count). The van der Waals surface area contributed by atoms with Crippen LogP contribution in [0.1, 0.15) is 29.8 Å². The number of carbonyl (C=O) groups excluding carboxylic acids is 1. The van der Waals surface area contributed by atoms with Crippen LogP contribution in [0, 0.1) is 0 Å². The van der Waals surface area contributed by atoms with Gasteiger partial charge in [0.2, 0.25) is 0 Å². The minimum atomic E-state index is -0.598. The van der Waals surface area contributed by atoms with Crippen molar-refractivity contribution in [2.75, 3.05) is 7.11 Å². The molecule has 0 atom stereocenters. The molecule has 1 aromatic carbocycles. The third-order valence-corrected chi connectivity index (χ3v) is 3.35. The lowest BCUT2D eigenvalue weighted by atomic mass is 10.00. The van der Waals surface area contributed by atoms with Crippen molar-refractivity contribution in [1.82, 2.24) is 0 Å². The Balaban J connectivity index is 2.33. The van der Waals surface area contributed by atoms with Gasteiger partial charge in [0.1, 0.15) is 5.60 Å². The van der Waals surface area contributed by atoms with Crippen LogP contribution in [0.25, 0.3) is 11.0 Å². The first-order valence-corrected chi connectivity index (χ1v) is 6.28. The van der Waals surface area contributed by atoms with Crippen molar-refractivity contribution >= 4 is 16.9 Å². The normalized spacial score (nSPS) is 15.8. The Hall–Kier alpha value is -2.30. The van der Waals surface area contributed by atoms with Gasteiger partial charge in [-0.2, -0.15) is 0 Å². The molecule has 0 radical (unpaired) electrons. The lowest BCUT2D eigenvalue weighted by Crippen LogP contribution is -2.24. The van der Waals surface area contributed by atoms with Crippen molar-refractivity contribution in [2.24, 2.45) is 0 Å². The molecule has 1 aliphatic rings. The van der Waals surface area contributed by atoms with E-state index in [0.717, 1.165) is 18.1 Å². The number of rotatable bonds is 1. The van der Waals surface area contributed by atoms with Gasteiger partial charge in [0.05, 0.1) is 12.7 Å². The third kappa shape index (κ3) is 1.86. The van der Waals surface area contributed by atoms with Crippen LogP contribution in [0.4, 0.5) is 0 Å². The Morgan fingerprint density at radius 2 is 2.10 bits per heavy atom. The molecule has 5 nitrogen and oxygen atoms in total. The van der Waals surface area contributed by atoms with E-state index in [1.54, 1.807) is 6.07 Å². The molecular formula is C15H14O5. The number of carbonyl (C=O) groups is 1. The van der Waals surface area contributed by atoms with Gasteiger partial charge in [-0.3, -0.25) is 0 Å². The molecular weight excluding hydrogens is 260 g/mol. The van der Waals surface area contributed by atoms with Crippen LogP contribution in [0.3, 0.4) is 0 Å². The summed E-state index contributed by atoms with van der Waals surface area (Å²) in [7, 11) is 1.27. The van der Waals surface area contributed by atoms with Crippen molar-refractivity contribution in [3.05, 3.63) is 39.7 Å². The highest BCUT2D eigenvalue weighted by molar-refractivity contribution is 6.04. The van der Waals surface area contributed by atoms with E-state index < -0.39 is 11.6 Å². The summed E-state index contributed by atoms with van der Waals surface area (Å²) in [5.74, 6) is -0.0320. The Morgan fingerprint density at radius 1 is 1.35 bits per heavy atom. The fourth-order valence-corrected chi connectivity index (χ4v) is 2.54. The van der Waals surface area contributed by atoms with E-state index in [2.05, 4.69) is 0 Å². The summed E-state index contributed by atoms with van der Waals surface area (Å²) in [6.45, 7) is 3.92. The van der Waals surface area contributed by atoms with Crippen molar-refractivity contribution in [3.63, 3.8) is 0 Å². The lowest BCUT2D eigenvalue weighted by Gasteiger charge is -2.17. The summed E-state index contributed by atoms with van der Waals surface area (Å²) in [6, 6.07) is 4.79. The quantitative estimate of drug-likeness (QED) is 0.589. The zero-order valence-electron chi connectivity index (χ0n) is 11.5. The number of fused-ring (bicyclic) bond motifs is 3. The van der Waals surface area contributed by atoms with Crippen molar-refractivity contribution in [3.8, 4) is 5.75 Å². The van der Waals surface area contributed by atoms with Crippen LogP contribution in [0.2, 0.25) is 0 Å². The standard InChI is InChI=1S/C15H14O5/c1-15(2)7-8-4-5-9-10(14(17)18-3)6-11(16)19-13(9)12(8)20-15/h4-6H,7H2,1-3H3. The molecule has 1 aromatic heterocycles. The minimum absolute atomic E-state index is 0.190. The van der Waals surface area contributed by atoms with E-state index in [9.17, 15) is 9.59 Å². The van der Waals surface area contributed by atoms with E-state index in [4.69, 9.17) is 13.9 Å². The largest absolute Gasteiger partial charge is 0.483 e. The number of esters is 1. The molecule has 0 unspecified atom stereocenters. The maximum Gasteiger partial charge on any atom is 0.338 e. The summed E-state index contributed by atoms with van der Waals surface area (Å²) in [4.78, 5) is 23.4. The number of hydrogen-bond acceptors (Lipinski definition) is 5. The summed E-state index contributed by atoms with van der Waals surface area (Å²) >= 11 is 0. The van der Waals surface area contributed by atoms with Gasteiger partial charge >= 0.3 is 11.6 Å². The van der Waals surface area contributed by atoms with Crippen LogP contribution >= 0.6 is 0 Å². The number of methoxy groups -OCH3 is 1. The van der Waals surface area contributed by atoms with Gasteiger partial charge in [-0.25, -0.2) is 9.59 Å². The minimum Gasteiger partial charge on any atom is -0.483 e. The Kier molecular flexibility index (Phi) is 2.61. The molecule has 0 spiro atoms. The Bertz CT molecular complexity index is 770. The van der Waals surface area contributed by atoms with Crippen molar-refractivity contribution in [2.45, 2.75) is 25.9 Å². The number of benzene rings is 1. The van der Waals surface area contributed by atoms with Gasteiger partial charge in [-0.15, -0.1) is 0 Å². The van der Waals surface area contributed by atoms with Crippen molar-refractivity contribution in [1.29, 1.82) is 0 Å². The monoisotopic (exact) mass is 274 g/mol. The second-order valence-corrected chi connectivity index (χ2v) is 5.44. The molecule has 1 aliphatic heterocycles. The summed E-state index contributed by atoms with van der Waals surface area (Å²) in [5.41, 5.74) is 0.513. The SMILES string of the molecule is COC(=O)c1cc(=O)oc2c3c(ccc12)CC(C)(C)O3. The second-order valence-electron chi connectivity index (χ2n) is 5.44. The molecule has 104 valence electrons. The highest BCUT2D eigenvalue weighted by atomic mass is 16.5. The molecule has 20 heavy (non-hydrogen) atoms. The van der Waals surface area contributed by atoms with Crippen molar-refractivity contribution < 1.29 is 18.7 Å². The Morgan fingerprint density at radius 3 is 2.80 bits per heavy atom. The summed E-state index contributed by atoms with van der Waals surface area (Å²) in [6.07, 6.45) is 0.727. The summed E-state index contributed by atoms with van der Waals surface area (Å²) in [5, 5.41) is 0.521. The van der Waals surface area contributed by atoms with Gasteiger partial charge < -0.3 is 13.9 Å². The van der Waals surface area contributed by atoms with Crippen LogP contribution in [-0.2, 0) is 11.2 Å². The van der Waals surface area contributed by atoms with Gasteiger partial charge in [0.15, 0.2) is 11.3 Å². The van der Waals surface area contributed by atoms with Gasteiger partial charge in [-0.1, -0.05) is 6.07 Å². The number of ether oxygens (including phenoxy) is 2. The molecule has 0 amide bonds. The van der Waals surface area contributed by atoms with E-state index in [0.29, 0.717) is 16.7 Å². The second kappa shape index (κ2) is 4.10. The zero-order valence-corrected chi connectivity index (χ0v) is 11.5. The molecule has 2 aromatic rings. The Labute approximate surface area is 115 Å². The molecule has 0 bridgehead atoms. The lowest BCUT2D eigenvalue weighted by molar-refractivity contribution is 0.0602. The van der Waals surface area contributed by atoms with Gasteiger partial charge in [0.25, 0.3) is 0 Å². The van der Waals surface area contributed by atoms with E-state index >= 15 is 0 Å². The third-order valence-electron chi connectivity index (χ3n) is 3.35. The highest BCUT2D eigenvalue weighted by Crippen LogP contribution is 2.40. The first kappa shape index (κ1) is 12.7. The summed E-state index contributed by atoms with van der Waals surface area (Å²) < 4.78 is 15.8. The van der Waals surface area contributed by atoms with Crippen LogP contribution in [0.5, 0.6) is 5.75 Å². The van der Waals surface area contributed by atoms with Crippen LogP contribution in [0.15, 0.2) is 27.4 Å². The predicted molar refractivity (Wildman–Crippen MR) is 72.2 cm³/mol. The van der Waals surface area contributed by atoms with Crippen LogP contribution in [-0.4, -0.2) is 18.7 Å². The first-order chi connectivity index (χ1) is 9.41. The molecule has 0 saturated carbocycles. The van der Waals surface area contributed by atoms with E-state index in [-0.39, 0.29) is 11.2 Å². The molecule has 0 fully saturated rings. The van der Waals surface area contributed by atoms with Gasteiger partial charge in [-0.05, 0) is 19.9 Å². The zero-order chi connectivity index (χ0) is 14.5. The van der Waals surface area contributed by atoms with E-state index in [1.165, 1.54) is 7.11 Å². The molecule has 0 N–H and O–H groups in total. The fraction of sp³-hybridized carbons (Fsp3) is 0.333. The average Bonchev–Trinajstić information content (AvgIpc) is 2.71. The van der Waals surface area contributed by atoms with Gasteiger partial charge in [0, 0.05) is 23.4 Å². The molecule has 0 saturated heterocycles. The molecule has 2 heterocycles. The topological polar surface area (TPSA) is 65.7 Å². The average molecular weight is 274 g/mol. The smallest absolute Gasteiger partial charge is 0.338 e. The first-order valence-electron chi connectivity index (χ1n) is 6.28. The predicted octanol–water partition coefficient (Wildman–Crippen LogP) is 2.29. The fourth-order valence-electron chi connectivity index (χ4n) is 2.54. The number of hydrogen-bond donors (Lipinski definition) is 0. The van der Waals surface area contributed by atoms with Crippen LogP contribution < -0.4 is 10.4 Å². The highest BCUT2D eigenvalue weighted by Gasteiger charge is 2.33. The maximum absolute atomic E-state index is 11.8.